The standard InChI is InChI=1S/C48H74O27.C32H50O20/c1-19-36-30(52)26(64-43(19,3)69-36)11-59-6-21-38-35(57)42(75-44(21,4)70-38)63-18-48-24(41(74-48)34(56)29(68-48)14-61-7-22-39-32(54)25(10-58-5)66-46(22,16-50)72-39)9-62-13-28-33(55)40-23(47(17-51,67-28)73-40)8-60-12-27-31(53)37-20(2)45(15-49,65-27)71-37;1-13-25-22(39)18(46-29(13,9-34)49-25)6-42-4-15-27-24(41)20(48-31(15,11-36)51-27)8-44-5-16-28-23(40)19(47-32(16,12-37)52-28)7-43-3-14-26-21(38)17(2-33)45-30(14,10-35)50-26/h19-42,49-57H,6-18H2,1-5H3;13-28,33-41H,2-12H2,1H3/t19-,20-,21-,22-,23-,24-,25+,26+,27+,28+,29+,30?,31?,32?,33?,34?,35?,36+,37+,38+,39+,40+,41+,42-,43?,44?,45?,46?,47?,48?;13-,14-,15-,16-,17+,18+,19+,20+,21?,22?,23?,24?,25+,26+,27+,28+,29?,30?,31?,32?/m00/s1. The summed E-state index contributed by atoms with van der Waals surface area (Å²) in [6.07, 6.45) is -26.3. The molecule has 0 aromatic rings. The molecule has 47 heteroatoms. The molecule has 0 spiro atoms. The molecule has 0 aliphatic carbocycles. The van der Waals surface area contributed by atoms with Crippen molar-refractivity contribution in [2.75, 3.05) is 166 Å². The van der Waals surface area contributed by atoms with Gasteiger partial charge in [-0.25, -0.2) is 0 Å². The van der Waals surface area contributed by atoms with Crippen LogP contribution >= 0.6 is 0 Å². The Morgan fingerprint density at radius 2 is 0.457 bits per heavy atom. The van der Waals surface area contributed by atoms with Crippen LogP contribution in [0, 0.1) is 59.2 Å². The molecule has 47 nitrogen and oxygen atoms in total. The second kappa shape index (κ2) is 35.2. The molecule has 0 radical (unpaired) electrons. The first-order chi connectivity index (χ1) is 60.8. The zero-order valence-electron chi connectivity index (χ0n) is 71.0. The Hall–Kier alpha value is -1.88. The molecule has 0 amide bonds. The van der Waals surface area contributed by atoms with Gasteiger partial charge in [-0.1, -0.05) is 20.8 Å². The van der Waals surface area contributed by atoms with Gasteiger partial charge in [0.25, 0.3) is 0 Å². The van der Waals surface area contributed by atoms with Gasteiger partial charge in [0.05, 0.1) is 248 Å². The number of fused-ring (bicyclic) bond motifs is 20. The van der Waals surface area contributed by atoms with E-state index in [1.807, 2.05) is 27.7 Å². The summed E-state index contributed by atoms with van der Waals surface area (Å²) in [5, 5.41) is 190. The molecule has 29 saturated heterocycles. The van der Waals surface area contributed by atoms with Crippen LogP contribution in [-0.2, 0) is 137 Å². The average Bonchev–Trinajstić information content (AvgIpc) is 0.702. The molecule has 29 heterocycles. The Morgan fingerprint density at radius 1 is 0.220 bits per heavy atom. The third-order valence-electron chi connectivity index (χ3n) is 31.1. The summed E-state index contributed by atoms with van der Waals surface area (Å²) < 4.78 is 171. The van der Waals surface area contributed by atoms with Crippen molar-refractivity contribution >= 4 is 0 Å². The molecule has 0 saturated carbocycles. The van der Waals surface area contributed by atoms with Crippen LogP contribution in [0.2, 0.25) is 0 Å². The Bertz CT molecular complexity index is 3790. The highest BCUT2D eigenvalue weighted by atomic mass is 16.9. The van der Waals surface area contributed by atoms with E-state index in [2.05, 4.69) is 0 Å². The SMILES string of the molecule is COC[C@H]1OC2(CO)O[C@@H](C1O)[C@@H]2COC[C@H]1OC2(CO[C@H]3OC4(C)O[C@@H](C3O)[C@@H]4COC[C@H]3OC4(C)O[C@@H](C3O)[C@@H]4C)O[C@@H](C1O)[C@@H]2COC[C@H]1OC2(CO)O[C@@H](C1O)[C@@H]2COC[C@H]1OC2(CO)O[C@@H](C1O)[C@@H]2C.C[C@H]1[C@H]2OC1(CO)O[C@H](COC[C@H]1[C@H]3OC1(CO)O[C@H](COC[C@H]1[C@H]4OC1(CO)O[C@H](COC[C@H]1[C@H]5OC1(CO)O[C@H](CO)C5O)C4O)C3O)C2O. The van der Waals surface area contributed by atoms with Crippen LogP contribution in [0.5, 0.6) is 0 Å². The van der Waals surface area contributed by atoms with Crippen molar-refractivity contribution in [3.05, 3.63) is 0 Å². The van der Waals surface area contributed by atoms with Crippen molar-refractivity contribution < 1.29 is 229 Å². The van der Waals surface area contributed by atoms with Gasteiger partial charge in [-0.3, -0.25) is 0 Å². The van der Waals surface area contributed by atoms with Crippen LogP contribution in [-0.4, -0.2) is 499 Å². The highest BCUT2D eigenvalue weighted by molar-refractivity contribution is 5.15. The third-order valence-corrected chi connectivity index (χ3v) is 31.1. The van der Waals surface area contributed by atoms with Crippen LogP contribution in [0.1, 0.15) is 34.6 Å². The molecule has 29 rings (SSSR count). The zero-order chi connectivity index (χ0) is 89.6. The van der Waals surface area contributed by atoms with Crippen molar-refractivity contribution in [3.8, 4) is 0 Å². The quantitative estimate of drug-likeness (QED) is 0.0270. The fraction of sp³-hybridized carbons (Fsp3) is 1.00. The smallest absolute Gasteiger partial charge is 0.200 e. The fourth-order valence-electron chi connectivity index (χ4n) is 22.9. The van der Waals surface area contributed by atoms with Gasteiger partial charge in [0.15, 0.2) is 58.4 Å². The maximum absolute atomic E-state index is 11.7. The van der Waals surface area contributed by atoms with Crippen molar-refractivity contribution in [2.45, 2.75) is 276 Å². The summed E-state index contributed by atoms with van der Waals surface area (Å²) in [5.41, 5.74) is 0. The van der Waals surface area contributed by atoms with E-state index in [4.69, 9.17) is 137 Å². The number of hydrogen-bond acceptors (Lipinski definition) is 47. The summed E-state index contributed by atoms with van der Waals surface area (Å²) in [6.45, 7) is 4.55. The Kier molecular flexibility index (Phi) is 26.1. The number of methoxy groups -OCH3 is 1. The molecule has 20 unspecified atom stereocenters. The highest BCUT2D eigenvalue weighted by Crippen LogP contribution is 2.59. The van der Waals surface area contributed by atoms with E-state index in [0.29, 0.717) is 0 Å². The maximum Gasteiger partial charge on any atom is 0.200 e. The number of hydrogen-bond donors (Lipinski definition) is 18. The lowest BCUT2D eigenvalue weighted by Gasteiger charge is -2.63. The molecule has 18 N–H and O–H groups in total. The van der Waals surface area contributed by atoms with Crippen molar-refractivity contribution in [1.29, 1.82) is 0 Å². The Labute approximate surface area is 727 Å². The zero-order valence-corrected chi connectivity index (χ0v) is 71.0. The molecular weight excluding hydrogens is 1710 g/mol. The van der Waals surface area contributed by atoms with Gasteiger partial charge >= 0.3 is 0 Å². The van der Waals surface area contributed by atoms with Crippen LogP contribution in [0.4, 0.5) is 0 Å². The predicted molar refractivity (Wildman–Crippen MR) is 398 cm³/mol. The number of ether oxygens (including phenoxy) is 29. The summed E-state index contributed by atoms with van der Waals surface area (Å²) in [6, 6.07) is 0. The van der Waals surface area contributed by atoms with Crippen LogP contribution < -0.4 is 0 Å². The molecule has 20 bridgehead atoms. The summed E-state index contributed by atoms with van der Waals surface area (Å²) >= 11 is 0. The van der Waals surface area contributed by atoms with E-state index >= 15 is 0 Å². The lowest BCUT2D eigenvalue weighted by atomic mass is 9.78. The summed E-state index contributed by atoms with van der Waals surface area (Å²) in [4.78, 5) is 0. The normalized spacial score (nSPS) is 56.6. The van der Waals surface area contributed by atoms with Crippen molar-refractivity contribution in [1.82, 2.24) is 0 Å². The molecule has 726 valence electrons. The maximum atomic E-state index is 11.7. The highest BCUT2D eigenvalue weighted by Gasteiger charge is 2.75. The van der Waals surface area contributed by atoms with Gasteiger partial charge in [0.1, 0.15) is 129 Å². The van der Waals surface area contributed by atoms with E-state index in [1.54, 1.807) is 6.92 Å². The third kappa shape index (κ3) is 14.9. The topological polar surface area (TPSA) is 632 Å². The summed E-state index contributed by atoms with van der Waals surface area (Å²) in [5.74, 6) is -17.5. The van der Waals surface area contributed by atoms with Crippen molar-refractivity contribution in [2.24, 2.45) is 59.2 Å². The molecule has 50 atom stereocenters. The first-order valence-corrected chi connectivity index (χ1v) is 44.2. The number of aliphatic hydroxyl groups excluding tert-OH is 18. The Balaban J connectivity index is 0.000000177. The lowest BCUT2D eigenvalue weighted by Crippen LogP contribution is -2.78. The predicted octanol–water partition coefficient (Wildman–Crippen LogP) is -11.5. The van der Waals surface area contributed by atoms with Gasteiger partial charge in [-0.2, -0.15) is 0 Å². The minimum absolute atomic E-state index is 0.00749. The fourth-order valence-corrected chi connectivity index (χ4v) is 22.9. The van der Waals surface area contributed by atoms with Gasteiger partial charge in [0.2, 0.25) is 5.79 Å². The summed E-state index contributed by atoms with van der Waals surface area (Å²) in [7, 11) is 1.47. The second-order valence-corrected chi connectivity index (χ2v) is 38.1. The molecule has 29 aliphatic heterocycles. The van der Waals surface area contributed by atoms with Crippen LogP contribution in [0.15, 0.2) is 0 Å². The lowest BCUT2D eigenvalue weighted by molar-refractivity contribution is -0.508. The van der Waals surface area contributed by atoms with E-state index in [0.717, 1.165) is 0 Å². The molecule has 0 aromatic heterocycles. The largest absolute Gasteiger partial charge is 0.394 e. The number of aliphatic hydroxyl groups is 18. The van der Waals surface area contributed by atoms with Crippen LogP contribution in [0.25, 0.3) is 0 Å². The first kappa shape index (κ1) is 94.1. The molecule has 29 aliphatic rings. The van der Waals surface area contributed by atoms with Crippen LogP contribution in [0.3, 0.4) is 0 Å². The van der Waals surface area contributed by atoms with Gasteiger partial charge in [-0.05, 0) is 13.8 Å². The van der Waals surface area contributed by atoms with Gasteiger partial charge in [-0.15, -0.1) is 0 Å². The first-order valence-electron chi connectivity index (χ1n) is 44.2. The molecule has 29 fully saturated rings. The van der Waals surface area contributed by atoms with E-state index in [-0.39, 0.29) is 143 Å². The van der Waals surface area contributed by atoms with Gasteiger partial charge < -0.3 is 229 Å². The molecular formula is C80H124O47. The van der Waals surface area contributed by atoms with Gasteiger partial charge in [0, 0.05) is 24.9 Å². The van der Waals surface area contributed by atoms with E-state index < -0.39 is 316 Å². The Morgan fingerprint density at radius 3 is 0.764 bits per heavy atom. The number of rotatable bonds is 41. The van der Waals surface area contributed by atoms with Crippen molar-refractivity contribution in [3.63, 3.8) is 0 Å². The monoisotopic (exact) mass is 1840 g/mol. The van der Waals surface area contributed by atoms with E-state index in [1.165, 1.54) is 7.11 Å². The minimum atomic E-state index is -1.58. The molecule has 127 heavy (non-hydrogen) atoms. The molecule has 0 aromatic carbocycles. The minimum Gasteiger partial charge on any atom is -0.394 e. The van der Waals surface area contributed by atoms with E-state index in [9.17, 15) is 91.9 Å². The average molecular weight is 1840 g/mol. The second-order valence-electron chi connectivity index (χ2n) is 38.1.